The molecule has 0 bridgehead atoms. The van der Waals surface area contributed by atoms with Crippen molar-refractivity contribution in [2.75, 3.05) is 19.6 Å². The van der Waals surface area contributed by atoms with Gasteiger partial charge in [-0.15, -0.1) is 0 Å². The molecule has 2 N–H and O–H groups in total. The van der Waals surface area contributed by atoms with Crippen molar-refractivity contribution in [2.45, 2.75) is 84.1 Å². The summed E-state index contributed by atoms with van der Waals surface area (Å²) in [5.41, 5.74) is -2.63. The van der Waals surface area contributed by atoms with E-state index in [1.54, 1.807) is 4.90 Å². The van der Waals surface area contributed by atoms with Gasteiger partial charge in [-0.3, -0.25) is 4.90 Å². The van der Waals surface area contributed by atoms with Crippen molar-refractivity contribution >= 4 is 18.0 Å². The molecule has 37 heavy (non-hydrogen) atoms. The number of halogens is 2. The monoisotopic (exact) mass is 526 g/mol. The van der Waals surface area contributed by atoms with Gasteiger partial charge in [0.05, 0.1) is 5.56 Å². The quantitative estimate of drug-likeness (QED) is 0.504. The second-order valence-electron chi connectivity index (χ2n) is 11.1. The molecule has 1 aliphatic heterocycles. The highest BCUT2D eigenvalue weighted by Crippen LogP contribution is 2.36. The Morgan fingerprint density at radius 1 is 1.11 bits per heavy atom. The molecule has 1 heterocycles. The molecular weight excluding hydrogens is 490 g/mol. The lowest BCUT2D eigenvalue weighted by atomic mass is 9.85. The van der Waals surface area contributed by atoms with Gasteiger partial charge in [0.1, 0.15) is 17.3 Å². The number of carbonyl (C=O) groups excluding carboxylic acids is 1. The summed E-state index contributed by atoms with van der Waals surface area (Å²) in [6, 6.07) is 0.818. The van der Waals surface area contributed by atoms with E-state index in [4.69, 9.17) is 14.6 Å². The molecule has 1 amide bonds. The van der Waals surface area contributed by atoms with Crippen molar-refractivity contribution in [3.05, 3.63) is 28.8 Å². The van der Waals surface area contributed by atoms with Gasteiger partial charge < -0.3 is 24.6 Å². The molecule has 0 aromatic heterocycles. The number of hydrogen-bond donors (Lipinski definition) is 2. The van der Waals surface area contributed by atoms with Crippen molar-refractivity contribution in [1.29, 1.82) is 0 Å². The van der Waals surface area contributed by atoms with Crippen LogP contribution in [-0.2, 0) is 4.74 Å². The Balaban J connectivity index is 1.58. The molecule has 2 aliphatic rings. The summed E-state index contributed by atoms with van der Waals surface area (Å²) in [4.78, 5) is 39.0. The van der Waals surface area contributed by atoms with Crippen molar-refractivity contribution in [1.82, 2.24) is 9.80 Å². The summed E-state index contributed by atoms with van der Waals surface area (Å²) >= 11 is 0. The zero-order chi connectivity index (χ0) is 27.7. The third kappa shape index (κ3) is 6.88. The van der Waals surface area contributed by atoms with E-state index in [9.17, 15) is 28.3 Å². The Bertz CT molecular complexity index is 1030. The lowest BCUT2D eigenvalue weighted by molar-refractivity contribution is -0.0158. The van der Waals surface area contributed by atoms with Crippen LogP contribution in [0.1, 0.15) is 81.0 Å². The molecule has 0 unspecified atom stereocenters. The second-order valence-corrected chi connectivity index (χ2v) is 11.1. The summed E-state index contributed by atoms with van der Waals surface area (Å²) < 4.78 is 40.1. The summed E-state index contributed by atoms with van der Waals surface area (Å²) in [7, 11) is 0. The van der Waals surface area contributed by atoms with Crippen LogP contribution in [0.4, 0.5) is 13.6 Å². The third-order valence-electron chi connectivity index (χ3n) is 6.84. The van der Waals surface area contributed by atoms with Crippen LogP contribution in [0, 0.1) is 17.6 Å². The molecule has 206 valence electrons. The molecule has 1 aliphatic carbocycles. The Labute approximate surface area is 215 Å². The van der Waals surface area contributed by atoms with Crippen LogP contribution in [0.5, 0.6) is 5.75 Å². The molecule has 1 aromatic rings. The van der Waals surface area contributed by atoms with Gasteiger partial charge in [-0.1, -0.05) is 0 Å². The largest absolute Gasteiger partial charge is 0.484 e. The van der Waals surface area contributed by atoms with E-state index in [0.717, 1.165) is 19.4 Å². The first kappa shape index (κ1) is 28.6. The summed E-state index contributed by atoms with van der Waals surface area (Å²) in [5.74, 6) is -6.80. The Hall–Kier alpha value is -2.95. The van der Waals surface area contributed by atoms with E-state index in [1.165, 1.54) is 0 Å². The number of hydrogen-bond acceptors (Lipinski definition) is 6. The normalized spacial score (nSPS) is 20.6. The van der Waals surface area contributed by atoms with E-state index in [1.807, 2.05) is 20.8 Å². The van der Waals surface area contributed by atoms with Crippen LogP contribution < -0.4 is 4.74 Å². The highest BCUT2D eigenvalue weighted by Gasteiger charge is 2.39. The van der Waals surface area contributed by atoms with Gasteiger partial charge in [-0.2, -0.15) is 0 Å². The average Bonchev–Trinajstić information content (AvgIpc) is 2.74. The maximum absolute atomic E-state index is 14.7. The standard InChI is InChI=1S/C26H36F2N2O7/c1-14(2)30(13-15-6-8-29(9-7-15)25(35)37-26(3,4)5)16-10-17(11-16)36-22-19(27)12-18(23(31)32)20(21(22)28)24(33)34/h12,14-17H,6-11,13H2,1-5H3,(H,31,32)(H,33,34)/t16-,17-. The second kappa shape index (κ2) is 11.2. The van der Waals surface area contributed by atoms with Crippen LogP contribution in [0.3, 0.4) is 0 Å². The number of carboxylic acids is 2. The van der Waals surface area contributed by atoms with Crippen molar-refractivity contribution < 1.29 is 42.9 Å². The molecule has 1 aromatic carbocycles. The number of carbonyl (C=O) groups is 3. The van der Waals surface area contributed by atoms with Gasteiger partial charge in [0.25, 0.3) is 0 Å². The number of likely N-dealkylation sites (tertiary alicyclic amines) is 1. The van der Waals surface area contributed by atoms with Gasteiger partial charge in [-0.05, 0) is 59.4 Å². The summed E-state index contributed by atoms with van der Waals surface area (Å²) in [5, 5.41) is 18.3. The van der Waals surface area contributed by atoms with E-state index in [-0.39, 0.29) is 18.2 Å². The summed E-state index contributed by atoms with van der Waals surface area (Å²) in [6.45, 7) is 11.7. The first-order valence-corrected chi connectivity index (χ1v) is 12.6. The number of ether oxygens (including phenoxy) is 2. The van der Waals surface area contributed by atoms with E-state index >= 15 is 0 Å². The fraction of sp³-hybridized carbons (Fsp3) is 0.654. The molecule has 3 rings (SSSR count). The first-order chi connectivity index (χ1) is 17.2. The van der Waals surface area contributed by atoms with Gasteiger partial charge in [0.15, 0.2) is 17.4 Å². The lowest BCUT2D eigenvalue weighted by Gasteiger charge is -2.46. The molecule has 11 heteroatoms. The highest BCUT2D eigenvalue weighted by molar-refractivity contribution is 6.02. The van der Waals surface area contributed by atoms with Gasteiger partial charge >= 0.3 is 18.0 Å². The highest BCUT2D eigenvalue weighted by atomic mass is 19.1. The van der Waals surface area contributed by atoms with E-state index < -0.39 is 52.2 Å². The number of aromatic carboxylic acids is 2. The van der Waals surface area contributed by atoms with Crippen molar-refractivity contribution in [3.63, 3.8) is 0 Å². The maximum Gasteiger partial charge on any atom is 0.410 e. The molecule has 1 saturated carbocycles. The predicted octanol–water partition coefficient (Wildman–Crippen LogP) is 4.63. The number of carboxylic acid groups (broad SMARTS) is 2. The Kier molecular flexibility index (Phi) is 8.66. The lowest BCUT2D eigenvalue weighted by Crippen LogP contribution is -2.54. The Morgan fingerprint density at radius 2 is 1.70 bits per heavy atom. The Morgan fingerprint density at radius 3 is 2.19 bits per heavy atom. The van der Waals surface area contributed by atoms with E-state index in [0.29, 0.717) is 37.9 Å². The van der Waals surface area contributed by atoms with Crippen molar-refractivity contribution in [3.8, 4) is 5.75 Å². The van der Waals surface area contributed by atoms with Crippen LogP contribution in [-0.4, -0.2) is 81.5 Å². The van der Waals surface area contributed by atoms with Gasteiger partial charge in [0.2, 0.25) is 0 Å². The summed E-state index contributed by atoms with van der Waals surface area (Å²) in [6.07, 6.45) is 1.86. The molecule has 2 fully saturated rings. The van der Waals surface area contributed by atoms with E-state index in [2.05, 4.69) is 18.7 Å². The maximum atomic E-state index is 14.7. The minimum Gasteiger partial charge on any atom is -0.484 e. The number of amides is 1. The predicted molar refractivity (Wildman–Crippen MR) is 130 cm³/mol. The minimum atomic E-state index is -1.81. The third-order valence-corrected chi connectivity index (χ3v) is 6.84. The number of benzene rings is 1. The average molecular weight is 527 g/mol. The molecule has 0 atom stereocenters. The number of rotatable bonds is 8. The van der Waals surface area contributed by atoms with Crippen LogP contribution in [0.15, 0.2) is 6.07 Å². The van der Waals surface area contributed by atoms with Gasteiger partial charge in [0, 0.05) is 44.6 Å². The minimum absolute atomic E-state index is 0.122. The fourth-order valence-corrected chi connectivity index (χ4v) is 4.86. The smallest absolute Gasteiger partial charge is 0.410 e. The first-order valence-electron chi connectivity index (χ1n) is 12.6. The number of nitrogens with zero attached hydrogens (tertiary/aromatic N) is 2. The van der Waals surface area contributed by atoms with Crippen molar-refractivity contribution in [2.24, 2.45) is 5.92 Å². The van der Waals surface area contributed by atoms with Gasteiger partial charge in [-0.25, -0.2) is 23.2 Å². The zero-order valence-corrected chi connectivity index (χ0v) is 21.9. The molecule has 9 nitrogen and oxygen atoms in total. The molecule has 0 radical (unpaired) electrons. The zero-order valence-electron chi connectivity index (χ0n) is 21.9. The van der Waals surface area contributed by atoms with Crippen LogP contribution >= 0.6 is 0 Å². The van der Waals surface area contributed by atoms with Crippen LogP contribution in [0.2, 0.25) is 0 Å². The number of piperidine rings is 1. The van der Waals surface area contributed by atoms with Crippen LogP contribution in [0.25, 0.3) is 0 Å². The molecule has 1 saturated heterocycles. The molecule has 0 spiro atoms. The fourth-order valence-electron chi connectivity index (χ4n) is 4.86. The molecular formula is C26H36F2N2O7. The SMILES string of the molecule is CC(C)N(CC1CCN(C(=O)OC(C)(C)C)CC1)[C@H]1C[C@H](Oc2c(F)cc(C(=O)O)c(C(=O)O)c2F)C1. The topological polar surface area (TPSA) is 117 Å².